The number of aromatic nitrogens is 1. The minimum Gasteiger partial charge on any atom is -0.367 e. The molecular weight excluding hydrogens is 206 g/mol. The van der Waals surface area contributed by atoms with Crippen LogP contribution >= 0.6 is 0 Å². The molecule has 0 aromatic carbocycles. The Balaban J connectivity index is 2.71. The lowest BCUT2D eigenvalue weighted by molar-refractivity contribution is 0.0790. The molecule has 0 aliphatic heterocycles. The van der Waals surface area contributed by atoms with Gasteiger partial charge in [0.15, 0.2) is 5.43 Å². The van der Waals surface area contributed by atoms with Crippen LogP contribution in [0.4, 0.5) is 0 Å². The van der Waals surface area contributed by atoms with Crippen molar-refractivity contribution >= 4 is 5.91 Å². The van der Waals surface area contributed by atoms with Crippen molar-refractivity contribution in [2.45, 2.75) is 19.4 Å². The highest BCUT2D eigenvalue weighted by Gasteiger charge is 2.14. The van der Waals surface area contributed by atoms with Gasteiger partial charge in [-0.15, -0.1) is 0 Å². The second-order valence-electron chi connectivity index (χ2n) is 3.91. The number of rotatable bonds is 4. The minimum absolute atomic E-state index is 0.0457. The topological polar surface area (TPSA) is 79.2 Å². The van der Waals surface area contributed by atoms with Crippen LogP contribution < -0.4 is 11.2 Å². The molecule has 0 bridgehead atoms. The molecule has 16 heavy (non-hydrogen) atoms. The van der Waals surface area contributed by atoms with Gasteiger partial charge in [0.1, 0.15) is 5.56 Å². The van der Waals surface area contributed by atoms with Gasteiger partial charge in [-0.2, -0.15) is 0 Å². The summed E-state index contributed by atoms with van der Waals surface area (Å²) in [7, 11) is 1.66. The summed E-state index contributed by atoms with van der Waals surface area (Å²) in [6.07, 6.45) is 3.64. The summed E-state index contributed by atoms with van der Waals surface area (Å²) in [5, 5.41) is 0. The van der Waals surface area contributed by atoms with Crippen molar-refractivity contribution in [2.24, 2.45) is 5.73 Å². The van der Waals surface area contributed by atoms with Crippen LogP contribution in [0.1, 0.15) is 23.7 Å². The van der Waals surface area contributed by atoms with E-state index in [2.05, 4.69) is 4.98 Å². The number of nitrogens with zero attached hydrogens (tertiary/aromatic N) is 1. The summed E-state index contributed by atoms with van der Waals surface area (Å²) >= 11 is 0. The number of aromatic amines is 1. The first-order valence-electron chi connectivity index (χ1n) is 5.20. The molecule has 1 atom stereocenters. The van der Waals surface area contributed by atoms with Crippen LogP contribution in [0.15, 0.2) is 23.3 Å². The highest BCUT2D eigenvalue weighted by molar-refractivity contribution is 5.93. The maximum atomic E-state index is 11.8. The predicted octanol–water partition coefficient (Wildman–Crippen LogP) is 0.184. The lowest BCUT2D eigenvalue weighted by atomic mass is 10.2. The van der Waals surface area contributed by atoms with Gasteiger partial charge in [-0.25, -0.2) is 0 Å². The Morgan fingerprint density at radius 2 is 2.31 bits per heavy atom. The molecule has 88 valence electrons. The molecule has 0 aliphatic rings. The van der Waals surface area contributed by atoms with Crippen molar-refractivity contribution in [1.82, 2.24) is 9.88 Å². The third kappa shape index (κ3) is 3.20. The molecule has 1 heterocycles. The number of carbonyl (C=O) groups is 1. The number of nitrogens with two attached hydrogens (primary N) is 1. The average Bonchev–Trinajstić information content (AvgIpc) is 2.25. The summed E-state index contributed by atoms with van der Waals surface area (Å²) < 4.78 is 0. The molecular formula is C11H17N3O2. The molecule has 0 radical (unpaired) electrons. The summed E-state index contributed by atoms with van der Waals surface area (Å²) in [6, 6.07) is 1.39. The fraction of sp³-hybridized carbons (Fsp3) is 0.455. The normalized spacial score (nSPS) is 12.2. The van der Waals surface area contributed by atoms with Crippen LogP contribution in [-0.4, -0.2) is 35.4 Å². The van der Waals surface area contributed by atoms with E-state index < -0.39 is 0 Å². The van der Waals surface area contributed by atoms with Gasteiger partial charge in [-0.3, -0.25) is 9.59 Å². The Hall–Kier alpha value is -1.62. The zero-order valence-corrected chi connectivity index (χ0v) is 9.56. The van der Waals surface area contributed by atoms with Gasteiger partial charge in [-0.1, -0.05) is 0 Å². The fourth-order valence-corrected chi connectivity index (χ4v) is 1.29. The van der Waals surface area contributed by atoms with E-state index in [0.717, 1.165) is 0 Å². The SMILES string of the molecule is CC(N)CCN(C)C(=O)c1c[nH]ccc1=O. The molecule has 0 spiro atoms. The molecule has 5 heteroatoms. The predicted molar refractivity (Wildman–Crippen MR) is 62.3 cm³/mol. The molecule has 1 aromatic heterocycles. The van der Waals surface area contributed by atoms with E-state index in [9.17, 15) is 9.59 Å². The third-order valence-corrected chi connectivity index (χ3v) is 2.32. The Labute approximate surface area is 94.3 Å². The molecule has 1 unspecified atom stereocenters. The van der Waals surface area contributed by atoms with E-state index in [-0.39, 0.29) is 22.9 Å². The van der Waals surface area contributed by atoms with Crippen molar-refractivity contribution < 1.29 is 4.79 Å². The maximum Gasteiger partial charge on any atom is 0.259 e. The number of amides is 1. The monoisotopic (exact) mass is 223 g/mol. The number of hydrogen-bond acceptors (Lipinski definition) is 3. The standard InChI is InChI=1S/C11H17N3O2/c1-8(12)4-6-14(2)11(16)9-7-13-5-3-10(9)15/h3,5,7-8H,4,6,12H2,1-2H3,(H,13,15). The molecule has 0 aliphatic carbocycles. The Morgan fingerprint density at radius 1 is 1.62 bits per heavy atom. The summed E-state index contributed by atoms with van der Waals surface area (Å²) in [5.74, 6) is -0.275. The lowest BCUT2D eigenvalue weighted by Gasteiger charge is -2.17. The molecule has 0 saturated carbocycles. The first kappa shape index (κ1) is 12.4. The number of carbonyl (C=O) groups excluding carboxylic acids is 1. The van der Waals surface area contributed by atoms with Gasteiger partial charge in [0.05, 0.1) is 0 Å². The van der Waals surface area contributed by atoms with E-state index in [1.165, 1.54) is 23.4 Å². The first-order valence-corrected chi connectivity index (χ1v) is 5.20. The molecule has 0 fully saturated rings. The van der Waals surface area contributed by atoms with Gasteiger partial charge < -0.3 is 15.6 Å². The zero-order valence-electron chi connectivity index (χ0n) is 9.56. The van der Waals surface area contributed by atoms with E-state index in [1.807, 2.05) is 6.92 Å². The zero-order chi connectivity index (χ0) is 12.1. The summed E-state index contributed by atoms with van der Waals surface area (Å²) in [4.78, 5) is 27.5. The molecule has 1 amide bonds. The largest absolute Gasteiger partial charge is 0.367 e. The lowest BCUT2D eigenvalue weighted by Crippen LogP contribution is -2.33. The van der Waals surface area contributed by atoms with E-state index in [4.69, 9.17) is 5.73 Å². The van der Waals surface area contributed by atoms with Gasteiger partial charge in [0, 0.05) is 38.1 Å². The van der Waals surface area contributed by atoms with Crippen molar-refractivity contribution in [3.8, 4) is 0 Å². The second kappa shape index (κ2) is 5.46. The van der Waals surface area contributed by atoms with Gasteiger partial charge in [0.25, 0.3) is 5.91 Å². The van der Waals surface area contributed by atoms with Crippen LogP contribution in [0.25, 0.3) is 0 Å². The first-order chi connectivity index (χ1) is 7.52. The average molecular weight is 223 g/mol. The number of hydrogen-bond donors (Lipinski definition) is 2. The summed E-state index contributed by atoms with van der Waals surface area (Å²) in [5.41, 5.74) is 5.50. The number of nitrogens with one attached hydrogen (secondary N) is 1. The highest BCUT2D eigenvalue weighted by Crippen LogP contribution is 1.98. The van der Waals surface area contributed by atoms with Crippen LogP contribution in [0.3, 0.4) is 0 Å². The van der Waals surface area contributed by atoms with Crippen LogP contribution in [-0.2, 0) is 0 Å². The molecule has 0 saturated heterocycles. The van der Waals surface area contributed by atoms with Crippen LogP contribution in [0.5, 0.6) is 0 Å². The number of H-pyrrole nitrogens is 1. The second-order valence-corrected chi connectivity index (χ2v) is 3.91. The van der Waals surface area contributed by atoms with Gasteiger partial charge in [0.2, 0.25) is 0 Å². The van der Waals surface area contributed by atoms with Crippen LogP contribution in [0, 0.1) is 0 Å². The van der Waals surface area contributed by atoms with Crippen molar-refractivity contribution in [2.75, 3.05) is 13.6 Å². The Morgan fingerprint density at radius 3 is 2.88 bits per heavy atom. The Bertz CT molecular complexity index is 412. The molecule has 1 rings (SSSR count). The molecule has 5 nitrogen and oxygen atoms in total. The van der Waals surface area contributed by atoms with Gasteiger partial charge >= 0.3 is 0 Å². The van der Waals surface area contributed by atoms with Crippen LogP contribution in [0.2, 0.25) is 0 Å². The minimum atomic E-state index is -0.275. The quantitative estimate of drug-likeness (QED) is 0.764. The Kier molecular flexibility index (Phi) is 4.25. The van der Waals surface area contributed by atoms with E-state index in [0.29, 0.717) is 13.0 Å². The maximum absolute atomic E-state index is 11.8. The smallest absolute Gasteiger partial charge is 0.259 e. The molecule has 1 aromatic rings. The van der Waals surface area contributed by atoms with Gasteiger partial charge in [-0.05, 0) is 13.3 Å². The molecule has 3 N–H and O–H groups in total. The van der Waals surface area contributed by atoms with Crippen molar-refractivity contribution in [3.63, 3.8) is 0 Å². The number of pyridine rings is 1. The highest BCUT2D eigenvalue weighted by atomic mass is 16.2. The van der Waals surface area contributed by atoms with Crippen molar-refractivity contribution in [3.05, 3.63) is 34.2 Å². The van der Waals surface area contributed by atoms with E-state index >= 15 is 0 Å². The summed E-state index contributed by atoms with van der Waals surface area (Å²) in [6.45, 7) is 2.43. The fourth-order valence-electron chi connectivity index (χ4n) is 1.29. The van der Waals surface area contributed by atoms with E-state index in [1.54, 1.807) is 7.05 Å². The third-order valence-electron chi connectivity index (χ3n) is 2.32. The van der Waals surface area contributed by atoms with Crippen molar-refractivity contribution in [1.29, 1.82) is 0 Å².